The summed E-state index contributed by atoms with van der Waals surface area (Å²) in [4.78, 5) is 11.3. The van der Waals surface area contributed by atoms with E-state index in [2.05, 4.69) is 17.4 Å². The predicted octanol–water partition coefficient (Wildman–Crippen LogP) is 2.97. The molecule has 0 bridgehead atoms. The Morgan fingerprint density at radius 3 is 2.27 bits per heavy atom. The minimum absolute atomic E-state index is 0.0404. The molecule has 0 unspecified atom stereocenters. The molecule has 4 nitrogen and oxygen atoms in total. The zero-order valence-electron chi connectivity index (χ0n) is 13.1. The molecule has 4 heteroatoms. The number of nitrogens with one attached hydrogen (secondary N) is 1. The monoisotopic (exact) mass is 299 g/mol. The molecule has 22 heavy (non-hydrogen) atoms. The molecule has 0 radical (unpaired) electrons. The molecule has 2 aromatic rings. The van der Waals surface area contributed by atoms with E-state index in [0.29, 0.717) is 18.0 Å². The van der Waals surface area contributed by atoms with Crippen LogP contribution in [0.5, 0.6) is 11.5 Å². The third-order valence-electron chi connectivity index (χ3n) is 3.57. The molecule has 2 rings (SSSR count). The van der Waals surface area contributed by atoms with Gasteiger partial charge in [0.05, 0.1) is 14.2 Å². The lowest BCUT2D eigenvalue weighted by Gasteiger charge is -2.20. The van der Waals surface area contributed by atoms with Crippen LogP contribution in [0.1, 0.15) is 24.0 Å². The summed E-state index contributed by atoms with van der Waals surface area (Å²) >= 11 is 0. The van der Waals surface area contributed by atoms with Crippen molar-refractivity contribution in [3.05, 3.63) is 59.7 Å². The van der Waals surface area contributed by atoms with Crippen molar-refractivity contribution >= 4 is 5.91 Å². The number of ether oxygens (including phenoxy) is 2. The van der Waals surface area contributed by atoms with Crippen molar-refractivity contribution in [2.45, 2.75) is 12.8 Å². The van der Waals surface area contributed by atoms with Gasteiger partial charge in [-0.25, -0.2) is 0 Å². The normalized spacial score (nSPS) is 11.6. The number of carbonyl (C=O) groups excluding carboxylic acids is 1. The van der Waals surface area contributed by atoms with Crippen molar-refractivity contribution in [2.75, 3.05) is 20.8 Å². The number of carbonyl (C=O) groups is 1. The lowest BCUT2D eigenvalue weighted by atomic mass is 9.91. The maximum atomic E-state index is 11.3. The van der Waals surface area contributed by atoms with Crippen LogP contribution in [0, 0.1) is 0 Å². The van der Waals surface area contributed by atoms with Crippen LogP contribution in [0.3, 0.4) is 0 Å². The summed E-state index contributed by atoms with van der Waals surface area (Å²) < 4.78 is 10.7. The summed E-state index contributed by atoms with van der Waals surface area (Å²) in [5.41, 5.74) is 2.21. The summed E-state index contributed by atoms with van der Waals surface area (Å²) in [6, 6.07) is 15.9. The average molecular weight is 299 g/mol. The smallest absolute Gasteiger partial charge is 0.216 e. The topological polar surface area (TPSA) is 47.6 Å². The minimum Gasteiger partial charge on any atom is -0.493 e. The van der Waals surface area contributed by atoms with Gasteiger partial charge in [0.15, 0.2) is 11.5 Å². The maximum Gasteiger partial charge on any atom is 0.216 e. The Balaban J connectivity index is 2.38. The third-order valence-corrected chi connectivity index (χ3v) is 3.57. The number of benzene rings is 2. The number of amides is 1. The molecule has 2 aromatic carbocycles. The van der Waals surface area contributed by atoms with E-state index in [-0.39, 0.29) is 11.8 Å². The van der Waals surface area contributed by atoms with Gasteiger partial charge in [0.1, 0.15) is 0 Å². The Labute approximate surface area is 131 Å². The van der Waals surface area contributed by atoms with Crippen molar-refractivity contribution in [2.24, 2.45) is 0 Å². The summed E-state index contributed by atoms with van der Waals surface area (Å²) in [6.45, 7) is 2.06. The van der Waals surface area contributed by atoms with Crippen molar-refractivity contribution in [1.29, 1.82) is 0 Å². The first kappa shape index (κ1) is 15.9. The Morgan fingerprint density at radius 1 is 1.00 bits per heavy atom. The fourth-order valence-electron chi connectivity index (χ4n) is 2.43. The molecule has 116 valence electrons. The van der Waals surface area contributed by atoms with E-state index in [9.17, 15) is 4.79 Å². The molecule has 1 amide bonds. The zero-order chi connectivity index (χ0) is 15.9. The van der Waals surface area contributed by atoms with Crippen LogP contribution in [0.25, 0.3) is 0 Å². The molecular formula is C18H21NO3. The largest absolute Gasteiger partial charge is 0.493 e. The van der Waals surface area contributed by atoms with E-state index >= 15 is 0 Å². The Morgan fingerprint density at radius 2 is 1.68 bits per heavy atom. The van der Waals surface area contributed by atoms with E-state index in [4.69, 9.17) is 9.47 Å². The minimum atomic E-state index is -0.0404. The highest BCUT2D eigenvalue weighted by molar-refractivity contribution is 5.73. The van der Waals surface area contributed by atoms with Gasteiger partial charge in [0.25, 0.3) is 0 Å². The first-order chi connectivity index (χ1) is 10.7. The highest BCUT2D eigenvalue weighted by Crippen LogP contribution is 2.33. The lowest BCUT2D eigenvalue weighted by Crippen LogP contribution is -2.26. The van der Waals surface area contributed by atoms with Gasteiger partial charge in [-0.1, -0.05) is 36.4 Å². The van der Waals surface area contributed by atoms with Crippen LogP contribution in [0.2, 0.25) is 0 Å². The van der Waals surface area contributed by atoms with Gasteiger partial charge in [0, 0.05) is 19.4 Å². The van der Waals surface area contributed by atoms with E-state index in [0.717, 1.165) is 11.1 Å². The number of hydrogen-bond donors (Lipinski definition) is 1. The summed E-state index contributed by atoms with van der Waals surface area (Å²) in [5.74, 6) is 1.40. The average Bonchev–Trinajstić information content (AvgIpc) is 2.55. The fraction of sp³-hybridized carbons (Fsp3) is 0.278. The standard InChI is InChI=1S/C18H21NO3/c1-13(20)19-12-16(14-7-5-4-6-8-14)15-9-10-17(21-2)18(11-15)22-3/h4-11,16H,12H2,1-3H3,(H,19,20)/t16-/m1/s1. The van der Waals surface area contributed by atoms with Gasteiger partial charge in [-0.05, 0) is 23.3 Å². The molecule has 1 N–H and O–H groups in total. The van der Waals surface area contributed by atoms with Crippen LogP contribution < -0.4 is 14.8 Å². The van der Waals surface area contributed by atoms with Gasteiger partial charge >= 0.3 is 0 Å². The van der Waals surface area contributed by atoms with E-state index in [1.54, 1.807) is 14.2 Å². The van der Waals surface area contributed by atoms with Crippen LogP contribution in [0.4, 0.5) is 0 Å². The molecule has 0 heterocycles. The highest BCUT2D eigenvalue weighted by atomic mass is 16.5. The second kappa shape index (κ2) is 7.50. The quantitative estimate of drug-likeness (QED) is 0.892. The second-order valence-corrected chi connectivity index (χ2v) is 5.01. The number of rotatable bonds is 6. The van der Waals surface area contributed by atoms with Crippen molar-refractivity contribution in [3.63, 3.8) is 0 Å². The van der Waals surface area contributed by atoms with Gasteiger partial charge in [-0.2, -0.15) is 0 Å². The molecule has 0 saturated heterocycles. The van der Waals surface area contributed by atoms with Crippen LogP contribution in [-0.2, 0) is 4.79 Å². The summed E-state index contributed by atoms with van der Waals surface area (Å²) in [6.07, 6.45) is 0. The van der Waals surface area contributed by atoms with Crippen molar-refractivity contribution < 1.29 is 14.3 Å². The predicted molar refractivity (Wildman–Crippen MR) is 86.5 cm³/mol. The van der Waals surface area contributed by atoms with Crippen LogP contribution in [0.15, 0.2) is 48.5 Å². The van der Waals surface area contributed by atoms with Gasteiger partial charge in [0.2, 0.25) is 5.91 Å². The van der Waals surface area contributed by atoms with E-state index in [1.165, 1.54) is 6.92 Å². The van der Waals surface area contributed by atoms with E-state index in [1.807, 2.05) is 36.4 Å². The SMILES string of the molecule is COc1ccc([C@H](CNC(C)=O)c2ccccc2)cc1OC. The molecule has 1 atom stereocenters. The summed E-state index contributed by atoms with van der Waals surface area (Å²) in [5, 5.41) is 2.90. The highest BCUT2D eigenvalue weighted by Gasteiger charge is 2.16. The van der Waals surface area contributed by atoms with Gasteiger partial charge in [-0.3, -0.25) is 4.79 Å². The van der Waals surface area contributed by atoms with Crippen LogP contribution in [-0.4, -0.2) is 26.7 Å². The second-order valence-electron chi connectivity index (χ2n) is 5.01. The molecule has 0 fully saturated rings. The third kappa shape index (κ3) is 3.79. The molecule has 0 aliphatic carbocycles. The first-order valence-electron chi connectivity index (χ1n) is 7.17. The molecule has 0 aromatic heterocycles. The molecule has 0 spiro atoms. The zero-order valence-corrected chi connectivity index (χ0v) is 13.1. The Kier molecular flexibility index (Phi) is 5.42. The summed E-state index contributed by atoms with van der Waals surface area (Å²) in [7, 11) is 3.23. The van der Waals surface area contributed by atoms with Crippen LogP contribution >= 0.6 is 0 Å². The van der Waals surface area contributed by atoms with Gasteiger partial charge < -0.3 is 14.8 Å². The fourth-order valence-corrected chi connectivity index (χ4v) is 2.43. The first-order valence-corrected chi connectivity index (χ1v) is 7.17. The Bertz CT molecular complexity index is 625. The molecule has 0 saturated carbocycles. The van der Waals surface area contributed by atoms with E-state index < -0.39 is 0 Å². The number of methoxy groups -OCH3 is 2. The van der Waals surface area contributed by atoms with Gasteiger partial charge in [-0.15, -0.1) is 0 Å². The lowest BCUT2D eigenvalue weighted by molar-refractivity contribution is -0.118. The Hall–Kier alpha value is -2.49. The molecule has 0 aliphatic heterocycles. The van der Waals surface area contributed by atoms with Crippen molar-refractivity contribution in [3.8, 4) is 11.5 Å². The maximum absolute atomic E-state index is 11.3. The molecular weight excluding hydrogens is 278 g/mol. The number of hydrogen-bond acceptors (Lipinski definition) is 3. The molecule has 0 aliphatic rings. The van der Waals surface area contributed by atoms with Crippen molar-refractivity contribution in [1.82, 2.24) is 5.32 Å².